The molecule has 1 aromatic heterocycles. The molecule has 3 atom stereocenters. The van der Waals surface area contributed by atoms with Gasteiger partial charge in [-0.3, -0.25) is 0 Å². The highest BCUT2D eigenvalue weighted by Gasteiger charge is 2.33. The molecule has 0 radical (unpaired) electrons. The van der Waals surface area contributed by atoms with Crippen LogP contribution < -0.4 is 0 Å². The first kappa shape index (κ1) is 19.2. The molecule has 0 fully saturated rings. The van der Waals surface area contributed by atoms with Gasteiger partial charge in [-0.15, -0.1) is 0 Å². The molecule has 6 heteroatoms. The van der Waals surface area contributed by atoms with Crippen molar-refractivity contribution >= 4 is 23.2 Å². The van der Waals surface area contributed by atoms with Gasteiger partial charge in [0.05, 0.1) is 22.2 Å². The van der Waals surface area contributed by atoms with E-state index in [-0.39, 0.29) is 11.5 Å². The van der Waals surface area contributed by atoms with E-state index in [1.165, 1.54) is 6.33 Å². The first-order chi connectivity index (χ1) is 11.2. The second kappa shape index (κ2) is 7.85. The Balaban J connectivity index is 2.16. The summed E-state index contributed by atoms with van der Waals surface area (Å²) in [5.74, 6) is 0.298. The number of nitrogens with zero attached hydrogens (tertiary/aromatic N) is 3. The molecule has 3 unspecified atom stereocenters. The summed E-state index contributed by atoms with van der Waals surface area (Å²) in [7, 11) is 0. The third-order valence-corrected chi connectivity index (χ3v) is 5.13. The molecule has 0 aliphatic rings. The molecule has 24 heavy (non-hydrogen) atoms. The summed E-state index contributed by atoms with van der Waals surface area (Å²) in [5.41, 5.74) is 0.781. The third kappa shape index (κ3) is 4.71. The molecule has 0 aliphatic carbocycles. The lowest BCUT2D eigenvalue weighted by Gasteiger charge is -2.34. The molecular formula is C18H25Cl2N3O. The molecule has 0 saturated carbocycles. The van der Waals surface area contributed by atoms with E-state index in [9.17, 15) is 5.11 Å². The lowest BCUT2D eigenvalue weighted by Crippen LogP contribution is -2.37. The number of hydrogen-bond donors (Lipinski definition) is 1. The zero-order valence-electron chi connectivity index (χ0n) is 14.6. The van der Waals surface area contributed by atoms with E-state index in [0.717, 1.165) is 18.4 Å². The highest BCUT2D eigenvalue weighted by atomic mass is 35.5. The van der Waals surface area contributed by atoms with Crippen molar-refractivity contribution in [3.8, 4) is 0 Å². The van der Waals surface area contributed by atoms with E-state index in [4.69, 9.17) is 23.2 Å². The van der Waals surface area contributed by atoms with Crippen molar-refractivity contribution in [2.45, 2.75) is 52.7 Å². The van der Waals surface area contributed by atoms with Crippen LogP contribution >= 0.6 is 23.2 Å². The third-order valence-electron chi connectivity index (χ3n) is 4.27. The predicted molar refractivity (Wildman–Crippen MR) is 98.5 cm³/mol. The highest BCUT2D eigenvalue weighted by molar-refractivity contribution is 6.42. The smallest absolute Gasteiger partial charge is 0.137 e. The predicted octanol–water partition coefficient (Wildman–Crippen LogP) is 4.80. The molecule has 4 nitrogen and oxygen atoms in total. The van der Waals surface area contributed by atoms with Crippen LogP contribution in [0.15, 0.2) is 30.9 Å². The van der Waals surface area contributed by atoms with Gasteiger partial charge in [0.2, 0.25) is 0 Å². The molecular weight excluding hydrogens is 345 g/mol. The standard InChI is InChI=1S/C18H25Cl2N3O/c1-12(8-13-6-5-7-14(19)16(13)20)9-15(17(24)18(2,3)4)23-11-21-10-22-23/h5-7,10-12,15,17,24H,8-9H2,1-4H3. The minimum atomic E-state index is -0.531. The summed E-state index contributed by atoms with van der Waals surface area (Å²) >= 11 is 12.4. The largest absolute Gasteiger partial charge is 0.390 e. The van der Waals surface area contributed by atoms with Crippen molar-refractivity contribution in [1.29, 1.82) is 0 Å². The van der Waals surface area contributed by atoms with Crippen molar-refractivity contribution in [1.82, 2.24) is 14.8 Å². The van der Waals surface area contributed by atoms with Gasteiger partial charge in [-0.1, -0.05) is 63.0 Å². The number of benzene rings is 1. The van der Waals surface area contributed by atoms with Gasteiger partial charge in [0.25, 0.3) is 0 Å². The van der Waals surface area contributed by atoms with E-state index in [2.05, 4.69) is 17.0 Å². The van der Waals surface area contributed by atoms with Crippen LogP contribution in [0.4, 0.5) is 0 Å². The molecule has 2 rings (SSSR count). The van der Waals surface area contributed by atoms with E-state index < -0.39 is 6.10 Å². The van der Waals surface area contributed by atoms with Crippen molar-refractivity contribution < 1.29 is 5.11 Å². The quantitative estimate of drug-likeness (QED) is 0.795. The number of aromatic nitrogens is 3. The van der Waals surface area contributed by atoms with Crippen LogP contribution in [0.5, 0.6) is 0 Å². The molecule has 0 saturated heterocycles. The minimum absolute atomic E-state index is 0.138. The fourth-order valence-electron chi connectivity index (χ4n) is 2.92. The number of rotatable bonds is 6. The maximum atomic E-state index is 10.8. The first-order valence-corrected chi connectivity index (χ1v) is 8.90. The molecule has 2 aromatic rings. The zero-order chi connectivity index (χ0) is 17.9. The van der Waals surface area contributed by atoms with Gasteiger partial charge in [-0.25, -0.2) is 9.67 Å². The normalized spacial score (nSPS) is 16.0. The van der Waals surface area contributed by atoms with Crippen LogP contribution in [0.2, 0.25) is 10.0 Å². The van der Waals surface area contributed by atoms with E-state index in [1.807, 2.05) is 32.9 Å². The van der Waals surface area contributed by atoms with Gasteiger partial charge in [-0.05, 0) is 35.8 Å². The number of aliphatic hydroxyl groups excluding tert-OH is 1. The van der Waals surface area contributed by atoms with Gasteiger partial charge >= 0.3 is 0 Å². The second-order valence-electron chi connectivity index (χ2n) is 7.51. The summed E-state index contributed by atoms with van der Waals surface area (Å²) in [6, 6.07) is 5.56. The van der Waals surface area contributed by atoms with Crippen molar-refractivity contribution in [3.05, 3.63) is 46.5 Å². The Morgan fingerprint density at radius 3 is 2.54 bits per heavy atom. The topological polar surface area (TPSA) is 50.9 Å². The van der Waals surface area contributed by atoms with Crippen LogP contribution in [0.3, 0.4) is 0 Å². The van der Waals surface area contributed by atoms with E-state index >= 15 is 0 Å². The Labute approximate surface area is 153 Å². The van der Waals surface area contributed by atoms with Gasteiger partial charge < -0.3 is 5.11 Å². The second-order valence-corrected chi connectivity index (χ2v) is 8.30. The zero-order valence-corrected chi connectivity index (χ0v) is 16.1. The Kier molecular flexibility index (Phi) is 6.29. The number of hydrogen-bond acceptors (Lipinski definition) is 3. The SMILES string of the molecule is CC(Cc1cccc(Cl)c1Cl)CC(C(O)C(C)(C)C)n1cncn1. The Morgan fingerprint density at radius 2 is 1.96 bits per heavy atom. The fraction of sp³-hybridized carbons (Fsp3) is 0.556. The minimum Gasteiger partial charge on any atom is -0.390 e. The van der Waals surface area contributed by atoms with Gasteiger partial charge in [-0.2, -0.15) is 5.10 Å². The fourth-order valence-corrected chi connectivity index (χ4v) is 3.32. The maximum absolute atomic E-state index is 10.8. The summed E-state index contributed by atoms with van der Waals surface area (Å²) < 4.78 is 1.76. The maximum Gasteiger partial charge on any atom is 0.137 e. The van der Waals surface area contributed by atoms with Crippen LogP contribution in [-0.2, 0) is 6.42 Å². The number of halogens is 2. The molecule has 0 amide bonds. The lowest BCUT2D eigenvalue weighted by atomic mass is 9.81. The summed E-state index contributed by atoms with van der Waals surface area (Å²) in [4.78, 5) is 4.03. The summed E-state index contributed by atoms with van der Waals surface area (Å²) in [6.45, 7) is 8.23. The number of aliphatic hydroxyl groups is 1. The average Bonchev–Trinajstić information content (AvgIpc) is 3.02. The van der Waals surface area contributed by atoms with Crippen LogP contribution in [0, 0.1) is 11.3 Å². The molecule has 1 aromatic carbocycles. The van der Waals surface area contributed by atoms with Gasteiger partial charge in [0.1, 0.15) is 12.7 Å². The summed E-state index contributed by atoms with van der Waals surface area (Å²) in [5, 5.41) is 16.2. The van der Waals surface area contributed by atoms with E-state index in [0.29, 0.717) is 16.0 Å². The first-order valence-electron chi connectivity index (χ1n) is 8.15. The Bertz CT molecular complexity index is 653. The molecule has 1 N–H and O–H groups in total. The lowest BCUT2D eigenvalue weighted by molar-refractivity contribution is 0.00439. The van der Waals surface area contributed by atoms with E-state index in [1.54, 1.807) is 17.1 Å². The highest BCUT2D eigenvalue weighted by Crippen LogP contribution is 2.34. The van der Waals surface area contributed by atoms with Gasteiger partial charge in [0, 0.05) is 0 Å². The van der Waals surface area contributed by atoms with Crippen LogP contribution in [0.1, 0.15) is 45.7 Å². The molecule has 132 valence electrons. The Morgan fingerprint density at radius 1 is 1.25 bits per heavy atom. The molecule has 0 aliphatic heterocycles. The van der Waals surface area contributed by atoms with Crippen molar-refractivity contribution in [3.63, 3.8) is 0 Å². The van der Waals surface area contributed by atoms with Crippen molar-refractivity contribution in [2.24, 2.45) is 11.3 Å². The van der Waals surface area contributed by atoms with Crippen LogP contribution in [-0.4, -0.2) is 26.0 Å². The molecule has 1 heterocycles. The monoisotopic (exact) mass is 369 g/mol. The van der Waals surface area contributed by atoms with Crippen LogP contribution in [0.25, 0.3) is 0 Å². The Hall–Kier alpha value is -1.10. The molecule has 0 bridgehead atoms. The average molecular weight is 370 g/mol. The van der Waals surface area contributed by atoms with Crippen molar-refractivity contribution in [2.75, 3.05) is 0 Å². The molecule has 0 spiro atoms. The van der Waals surface area contributed by atoms with Gasteiger partial charge in [0.15, 0.2) is 0 Å². The summed E-state index contributed by atoms with van der Waals surface area (Å²) in [6.07, 6.45) is 4.20.